The van der Waals surface area contributed by atoms with Crippen LogP contribution in [0.3, 0.4) is 0 Å². The van der Waals surface area contributed by atoms with Crippen LogP contribution in [0, 0.1) is 13.8 Å². The zero-order valence-electron chi connectivity index (χ0n) is 23.9. The van der Waals surface area contributed by atoms with Crippen molar-refractivity contribution in [2.75, 3.05) is 0 Å². The van der Waals surface area contributed by atoms with Gasteiger partial charge in [-0.05, 0) is 53.6 Å². The van der Waals surface area contributed by atoms with E-state index in [1.54, 1.807) is 6.20 Å². The van der Waals surface area contributed by atoms with E-state index >= 15 is 0 Å². The van der Waals surface area contributed by atoms with E-state index in [-0.39, 0.29) is 17.9 Å². The van der Waals surface area contributed by atoms with Gasteiger partial charge in [0.25, 0.3) is 5.56 Å². The van der Waals surface area contributed by atoms with Crippen LogP contribution >= 0.6 is 0 Å². The molecule has 212 valence electrons. The summed E-state index contributed by atoms with van der Waals surface area (Å²) < 4.78 is 0. The summed E-state index contributed by atoms with van der Waals surface area (Å²) >= 11 is 0. The Kier molecular flexibility index (Phi) is 9.91. The number of carbonyl (C=O) groups is 2. The number of aryl methyl sites for hydroxylation is 2. The lowest BCUT2D eigenvalue weighted by molar-refractivity contribution is -0.137. The van der Waals surface area contributed by atoms with Gasteiger partial charge in [-0.1, -0.05) is 104 Å². The van der Waals surface area contributed by atoms with Crippen LogP contribution < -0.4 is 10.9 Å². The predicted molar refractivity (Wildman–Crippen MR) is 163 cm³/mol. The Balaban J connectivity index is 1.66. The van der Waals surface area contributed by atoms with Crippen molar-refractivity contribution in [3.8, 4) is 11.1 Å². The first kappa shape index (κ1) is 29.5. The van der Waals surface area contributed by atoms with Gasteiger partial charge in [-0.25, -0.2) is 0 Å². The number of amides is 1. The number of carbonyl (C=O) groups excluding carboxylic acids is 1. The van der Waals surface area contributed by atoms with E-state index in [1.165, 1.54) is 5.56 Å². The molecule has 1 aromatic heterocycles. The lowest BCUT2D eigenvalue weighted by Crippen LogP contribution is -2.35. The molecule has 0 aliphatic rings. The van der Waals surface area contributed by atoms with Crippen molar-refractivity contribution in [1.82, 2.24) is 10.3 Å². The van der Waals surface area contributed by atoms with E-state index in [0.717, 1.165) is 46.2 Å². The van der Waals surface area contributed by atoms with Crippen LogP contribution in [0.25, 0.3) is 11.1 Å². The number of H-pyrrole nitrogens is 1. The smallest absolute Gasteiger partial charge is 0.305 e. The first-order valence-electron chi connectivity index (χ1n) is 14.2. The lowest BCUT2D eigenvalue weighted by atomic mass is 9.85. The monoisotopic (exact) mass is 550 g/mol. The van der Waals surface area contributed by atoms with Crippen molar-refractivity contribution in [3.63, 3.8) is 0 Å². The minimum absolute atomic E-state index is 0.211. The van der Waals surface area contributed by atoms with Crippen LogP contribution in [0.1, 0.15) is 77.9 Å². The zero-order valence-corrected chi connectivity index (χ0v) is 23.9. The highest BCUT2D eigenvalue weighted by Crippen LogP contribution is 2.30. The molecule has 0 saturated carbocycles. The van der Waals surface area contributed by atoms with Crippen LogP contribution in [0.15, 0.2) is 89.9 Å². The van der Waals surface area contributed by atoms with Gasteiger partial charge >= 0.3 is 5.97 Å². The fourth-order valence-corrected chi connectivity index (χ4v) is 5.33. The normalized spacial score (nSPS) is 12.5. The van der Waals surface area contributed by atoms with E-state index in [2.05, 4.69) is 41.5 Å². The summed E-state index contributed by atoms with van der Waals surface area (Å²) in [7, 11) is 0. The average molecular weight is 551 g/mol. The van der Waals surface area contributed by atoms with E-state index in [1.807, 2.05) is 68.4 Å². The first-order chi connectivity index (χ1) is 19.8. The standard InChI is InChI=1S/C35H38N2O4/c1-4-5-11-29(33-24(3)22-36-34(40)30(33)20-25-9-7-6-8-10-25)35(41)37-31(21-32(38)39)28-18-16-27(17-19-28)26-14-12-23(2)13-15-26/h6-10,12-19,22,29,31H,4-5,11,20-21H2,1-3H3,(H,36,40)(H,37,41)(H,38,39)/t29-,31-/m0/s1. The number of hydrogen-bond donors (Lipinski definition) is 3. The van der Waals surface area contributed by atoms with Gasteiger partial charge < -0.3 is 15.4 Å². The van der Waals surface area contributed by atoms with Gasteiger partial charge in [-0.2, -0.15) is 0 Å². The van der Waals surface area contributed by atoms with Crippen molar-refractivity contribution >= 4 is 11.9 Å². The van der Waals surface area contributed by atoms with Gasteiger partial charge in [-0.15, -0.1) is 0 Å². The maximum absolute atomic E-state index is 14.0. The Labute approximate surface area is 241 Å². The molecular formula is C35H38N2O4. The fraction of sp³-hybridized carbons (Fsp3) is 0.286. The molecule has 3 aromatic carbocycles. The van der Waals surface area contributed by atoms with Crippen LogP contribution in [0.5, 0.6) is 0 Å². The second-order valence-electron chi connectivity index (χ2n) is 10.7. The number of carboxylic acids is 1. The molecule has 0 fully saturated rings. The first-order valence-corrected chi connectivity index (χ1v) is 14.2. The molecular weight excluding hydrogens is 512 g/mol. The summed E-state index contributed by atoms with van der Waals surface area (Å²) in [5, 5.41) is 12.8. The number of hydrogen-bond acceptors (Lipinski definition) is 3. The Morgan fingerprint density at radius 2 is 1.54 bits per heavy atom. The molecule has 1 heterocycles. The summed E-state index contributed by atoms with van der Waals surface area (Å²) in [6.45, 7) is 6.01. The van der Waals surface area contributed by atoms with Crippen molar-refractivity contribution in [3.05, 3.63) is 129 Å². The lowest BCUT2D eigenvalue weighted by Gasteiger charge is -2.25. The maximum Gasteiger partial charge on any atom is 0.305 e. The van der Waals surface area contributed by atoms with Crippen molar-refractivity contribution in [1.29, 1.82) is 0 Å². The molecule has 2 atom stereocenters. The van der Waals surface area contributed by atoms with Gasteiger partial charge in [-0.3, -0.25) is 14.4 Å². The summed E-state index contributed by atoms with van der Waals surface area (Å²) in [4.78, 5) is 41.8. The van der Waals surface area contributed by atoms with Gasteiger partial charge in [0.1, 0.15) is 0 Å². The summed E-state index contributed by atoms with van der Waals surface area (Å²) in [5.74, 6) is -1.85. The second kappa shape index (κ2) is 13.8. The number of nitrogens with one attached hydrogen (secondary N) is 2. The van der Waals surface area contributed by atoms with Crippen LogP contribution in [-0.2, 0) is 16.0 Å². The van der Waals surface area contributed by atoms with Crippen molar-refractivity contribution < 1.29 is 14.7 Å². The summed E-state index contributed by atoms with van der Waals surface area (Å²) in [6.07, 6.45) is 4.06. The largest absolute Gasteiger partial charge is 0.481 e. The number of aromatic nitrogens is 1. The quantitative estimate of drug-likeness (QED) is 0.180. The molecule has 0 saturated heterocycles. The molecule has 1 amide bonds. The second-order valence-corrected chi connectivity index (χ2v) is 10.7. The van der Waals surface area contributed by atoms with Crippen LogP contribution in [-0.4, -0.2) is 22.0 Å². The minimum atomic E-state index is -1.000. The fourth-order valence-electron chi connectivity index (χ4n) is 5.33. The SMILES string of the molecule is CCCC[C@H](C(=O)N[C@@H](CC(=O)O)c1ccc(-c2ccc(C)cc2)cc1)c1c(C)c[nH]c(=O)c1Cc1ccccc1. The topological polar surface area (TPSA) is 99.3 Å². The highest BCUT2D eigenvalue weighted by Gasteiger charge is 2.29. The molecule has 0 unspecified atom stereocenters. The molecule has 0 aliphatic carbocycles. The van der Waals surface area contributed by atoms with E-state index in [4.69, 9.17) is 0 Å². The predicted octanol–water partition coefficient (Wildman–Crippen LogP) is 6.86. The molecule has 3 N–H and O–H groups in total. The van der Waals surface area contributed by atoms with Crippen LogP contribution in [0.2, 0.25) is 0 Å². The number of carboxylic acid groups (broad SMARTS) is 1. The van der Waals surface area contributed by atoms with E-state index in [9.17, 15) is 19.5 Å². The number of unbranched alkanes of at least 4 members (excludes halogenated alkanes) is 1. The molecule has 6 heteroatoms. The molecule has 0 spiro atoms. The number of rotatable bonds is 12. The molecule has 4 aromatic rings. The van der Waals surface area contributed by atoms with Crippen LogP contribution in [0.4, 0.5) is 0 Å². The molecule has 0 aliphatic heterocycles. The van der Waals surface area contributed by atoms with Gasteiger partial charge in [0.05, 0.1) is 18.4 Å². The van der Waals surface area contributed by atoms with Crippen molar-refractivity contribution in [2.24, 2.45) is 0 Å². The average Bonchev–Trinajstić information content (AvgIpc) is 2.97. The van der Waals surface area contributed by atoms with Gasteiger partial charge in [0.2, 0.25) is 5.91 Å². The number of pyridine rings is 1. The third-order valence-corrected chi connectivity index (χ3v) is 7.57. The molecule has 4 rings (SSSR count). The highest BCUT2D eigenvalue weighted by molar-refractivity contribution is 5.85. The molecule has 41 heavy (non-hydrogen) atoms. The van der Waals surface area contributed by atoms with Gasteiger partial charge in [0, 0.05) is 18.2 Å². The molecule has 0 radical (unpaired) electrons. The third-order valence-electron chi connectivity index (χ3n) is 7.57. The highest BCUT2D eigenvalue weighted by atomic mass is 16.4. The zero-order chi connectivity index (χ0) is 29.4. The molecule has 6 nitrogen and oxygen atoms in total. The maximum atomic E-state index is 14.0. The number of aromatic amines is 1. The summed E-state index contributed by atoms with van der Waals surface area (Å²) in [5.41, 5.74) is 6.89. The van der Waals surface area contributed by atoms with Gasteiger partial charge in [0.15, 0.2) is 0 Å². The number of aliphatic carboxylic acids is 1. The minimum Gasteiger partial charge on any atom is -0.481 e. The van der Waals surface area contributed by atoms with E-state index in [0.29, 0.717) is 18.4 Å². The Morgan fingerprint density at radius 1 is 0.902 bits per heavy atom. The Morgan fingerprint density at radius 3 is 2.15 bits per heavy atom. The number of benzene rings is 3. The van der Waals surface area contributed by atoms with E-state index < -0.39 is 17.9 Å². The Bertz CT molecular complexity index is 1520. The summed E-state index contributed by atoms with van der Waals surface area (Å²) in [6, 6.07) is 24.9. The Hall–Kier alpha value is -4.45. The van der Waals surface area contributed by atoms with Crippen molar-refractivity contribution in [2.45, 2.75) is 64.8 Å². The third kappa shape index (κ3) is 7.60. The molecule has 0 bridgehead atoms.